The summed E-state index contributed by atoms with van der Waals surface area (Å²) >= 11 is 1.35. The molecule has 0 radical (unpaired) electrons. The molecule has 0 unspecified atom stereocenters. The minimum absolute atomic E-state index is 0.572. The monoisotopic (exact) mass is 235 g/mol. The van der Waals surface area contributed by atoms with Crippen LogP contribution in [0.3, 0.4) is 0 Å². The van der Waals surface area contributed by atoms with Crippen molar-refractivity contribution >= 4 is 11.5 Å². The fourth-order valence-electron chi connectivity index (χ4n) is 2.19. The fourth-order valence-corrected chi connectivity index (χ4v) is 2.79. The first-order chi connectivity index (χ1) is 7.84. The third-order valence-corrected chi connectivity index (χ3v) is 3.92. The molecular weight excluding hydrogens is 222 g/mol. The minimum atomic E-state index is 0.572. The van der Waals surface area contributed by atoms with E-state index in [4.69, 9.17) is 0 Å². The summed E-state index contributed by atoms with van der Waals surface area (Å²) in [7, 11) is 0. The van der Waals surface area contributed by atoms with Crippen LogP contribution in [-0.2, 0) is 0 Å². The molecule has 1 aliphatic carbocycles. The van der Waals surface area contributed by atoms with Gasteiger partial charge in [-0.05, 0) is 31.3 Å². The van der Waals surface area contributed by atoms with Crippen molar-refractivity contribution in [2.24, 2.45) is 0 Å². The Morgan fingerprint density at radius 3 is 2.81 bits per heavy atom. The van der Waals surface area contributed by atoms with Crippen LogP contribution >= 0.6 is 11.5 Å². The first kappa shape index (κ1) is 9.89. The summed E-state index contributed by atoms with van der Waals surface area (Å²) in [5, 5.41) is 11.3. The molecule has 2 heterocycles. The van der Waals surface area contributed by atoms with Crippen LogP contribution in [0, 0.1) is 6.92 Å². The zero-order valence-corrected chi connectivity index (χ0v) is 9.92. The summed E-state index contributed by atoms with van der Waals surface area (Å²) in [4.78, 5) is 5.53. The highest BCUT2D eigenvalue weighted by Crippen LogP contribution is 2.33. The van der Waals surface area contributed by atoms with E-state index < -0.39 is 0 Å². The lowest BCUT2D eigenvalue weighted by Gasteiger charge is -2.01. The van der Waals surface area contributed by atoms with E-state index in [1.807, 2.05) is 6.92 Å². The van der Waals surface area contributed by atoms with E-state index in [1.54, 1.807) is 0 Å². The largest absolute Gasteiger partial charge is 0.262 e. The molecule has 84 valence electrons. The van der Waals surface area contributed by atoms with Crippen LogP contribution in [0.25, 0.3) is 10.7 Å². The van der Waals surface area contributed by atoms with Crippen LogP contribution < -0.4 is 0 Å². The molecule has 0 atom stereocenters. The standard InChI is InChI=1S/C10H13N5S/c1-6-8(16-15-12-6)10-11-9(13-14-10)7-4-2-3-5-7/h7H,2-5H2,1H3,(H,11,13,14). The Morgan fingerprint density at radius 1 is 1.31 bits per heavy atom. The summed E-state index contributed by atoms with van der Waals surface area (Å²) in [5.41, 5.74) is 0.905. The van der Waals surface area contributed by atoms with E-state index in [1.165, 1.54) is 37.2 Å². The maximum Gasteiger partial charge on any atom is 0.194 e. The Bertz CT molecular complexity index is 483. The summed E-state index contributed by atoms with van der Waals surface area (Å²) < 4.78 is 3.90. The highest BCUT2D eigenvalue weighted by molar-refractivity contribution is 7.09. The molecule has 5 nitrogen and oxygen atoms in total. The minimum Gasteiger partial charge on any atom is -0.262 e. The fraction of sp³-hybridized carbons (Fsp3) is 0.600. The third-order valence-electron chi connectivity index (χ3n) is 3.10. The van der Waals surface area contributed by atoms with E-state index in [0.717, 1.165) is 22.2 Å². The lowest BCUT2D eigenvalue weighted by Crippen LogP contribution is -1.94. The van der Waals surface area contributed by atoms with Crippen LogP contribution in [-0.4, -0.2) is 24.8 Å². The Balaban J connectivity index is 1.90. The van der Waals surface area contributed by atoms with Gasteiger partial charge < -0.3 is 0 Å². The smallest absolute Gasteiger partial charge is 0.194 e. The zero-order valence-electron chi connectivity index (χ0n) is 9.10. The topological polar surface area (TPSA) is 67.3 Å². The van der Waals surface area contributed by atoms with Crippen molar-refractivity contribution < 1.29 is 0 Å². The summed E-state index contributed by atoms with van der Waals surface area (Å²) in [5.74, 6) is 2.34. The van der Waals surface area contributed by atoms with Crippen molar-refractivity contribution in [3.05, 3.63) is 11.5 Å². The zero-order chi connectivity index (χ0) is 11.0. The number of H-pyrrole nitrogens is 1. The van der Waals surface area contributed by atoms with Gasteiger partial charge in [0, 0.05) is 5.92 Å². The Kier molecular flexibility index (Phi) is 2.43. The van der Waals surface area contributed by atoms with Gasteiger partial charge >= 0.3 is 0 Å². The first-order valence-electron chi connectivity index (χ1n) is 5.56. The predicted molar refractivity (Wildman–Crippen MR) is 61.2 cm³/mol. The SMILES string of the molecule is Cc1nnsc1-c1n[nH]c(C2CCCC2)n1. The van der Waals surface area contributed by atoms with Gasteiger partial charge in [0.1, 0.15) is 10.7 Å². The van der Waals surface area contributed by atoms with Crippen LogP contribution in [0.15, 0.2) is 0 Å². The molecular formula is C10H13N5S. The van der Waals surface area contributed by atoms with Crippen molar-refractivity contribution in [3.63, 3.8) is 0 Å². The Morgan fingerprint density at radius 2 is 2.12 bits per heavy atom. The Hall–Kier alpha value is -1.30. The number of hydrogen-bond acceptors (Lipinski definition) is 5. The normalized spacial score (nSPS) is 17.1. The molecule has 1 saturated carbocycles. The summed E-state index contributed by atoms with van der Waals surface area (Å²) in [6, 6.07) is 0. The summed E-state index contributed by atoms with van der Waals surface area (Å²) in [6.07, 6.45) is 5.08. The predicted octanol–water partition coefficient (Wildman–Crippen LogP) is 2.29. The quantitative estimate of drug-likeness (QED) is 0.867. The van der Waals surface area contributed by atoms with Crippen molar-refractivity contribution in [1.82, 2.24) is 24.8 Å². The second-order valence-corrected chi connectivity index (χ2v) is 4.97. The molecule has 0 bridgehead atoms. The highest BCUT2D eigenvalue weighted by atomic mass is 32.1. The van der Waals surface area contributed by atoms with Crippen LogP contribution in [0.2, 0.25) is 0 Å². The molecule has 3 rings (SSSR count). The van der Waals surface area contributed by atoms with Crippen LogP contribution in [0.4, 0.5) is 0 Å². The number of nitrogens with one attached hydrogen (secondary N) is 1. The molecule has 2 aromatic heterocycles. The number of nitrogens with zero attached hydrogens (tertiary/aromatic N) is 4. The average Bonchev–Trinajstić information content (AvgIpc) is 2.96. The van der Waals surface area contributed by atoms with Gasteiger partial charge in [-0.25, -0.2) is 4.98 Å². The molecule has 0 spiro atoms. The number of hydrogen-bond donors (Lipinski definition) is 1. The number of aromatic nitrogens is 5. The maximum absolute atomic E-state index is 4.56. The van der Waals surface area contributed by atoms with Gasteiger partial charge in [-0.1, -0.05) is 17.3 Å². The molecule has 0 aliphatic heterocycles. The molecule has 0 saturated heterocycles. The van der Waals surface area contributed by atoms with E-state index in [0.29, 0.717) is 5.92 Å². The molecule has 6 heteroatoms. The number of aromatic amines is 1. The van der Waals surface area contributed by atoms with Gasteiger partial charge in [0.15, 0.2) is 5.82 Å². The van der Waals surface area contributed by atoms with E-state index in [9.17, 15) is 0 Å². The third kappa shape index (κ3) is 1.63. The van der Waals surface area contributed by atoms with Crippen molar-refractivity contribution in [2.45, 2.75) is 38.5 Å². The van der Waals surface area contributed by atoms with Crippen LogP contribution in [0.1, 0.15) is 43.1 Å². The van der Waals surface area contributed by atoms with Gasteiger partial charge in [-0.15, -0.1) is 5.10 Å². The Labute approximate surface area is 97.5 Å². The lowest BCUT2D eigenvalue weighted by atomic mass is 10.1. The van der Waals surface area contributed by atoms with Gasteiger partial charge in [0.2, 0.25) is 0 Å². The maximum atomic E-state index is 4.56. The van der Waals surface area contributed by atoms with Crippen molar-refractivity contribution in [2.75, 3.05) is 0 Å². The van der Waals surface area contributed by atoms with Gasteiger partial charge in [0.05, 0.1) is 5.69 Å². The van der Waals surface area contributed by atoms with Gasteiger partial charge in [-0.2, -0.15) is 5.10 Å². The van der Waals surface area contributed by atoms with E-state index >= 15 is 0 Å². The molecule has 2 aromatic rings. The molecule has 1 fully saturated rings. The molecule has 0 amide bonds. The first-order valence-corrected chi connectivity index (χ1v) is 6.33. The average molecular weight is 235 g/mol. The lowest BCUT2D eigenvalue weighted by molar-refractivity contribution is 0.672. The van der Waals surface area contributed by atoms with E-state index in [2.05, 4.69) is 24.8 Å². The van der Waals surface area contributed by atoms with E-state index in [-0.39, 0.29) is 0 Å². The molecule has 1 aliphatic rings. The number of aryl methyl sites for hydroxylation is 1. The number of rotatable bonds is 2. The van der Waals surface area contributed by atoms with Gasteiger partial charge in [0.25, 0.3) is 0 Å². The van der Waals surface area contributed by atoms with Crippen molar-refractivity contribution in [1.29, 1.82) is 0 Å². The van der Waals surface area contributed by atoms with Crippen molar-refractivity contribution in [3.8, 4) is 10.7 Å². The van der Waals surface area contributed by atoms with Gasteiger partial charge in [-0.3, -0.25) is 5.10 Å². The van der Waals surface area contributed by atoms with Crippen LogP contribution in [0.5, 0.6) is 0 Å². The highest BCUT2D eigenvalue weighted by Gasteiger charge is 2.21. The second kappa shape index (κ2) is 3.93. The molecule has 0 aromatic carbocycles. The molecule has 16 heavy (non-hydrogen) atoms. The molecule has 1 N–H and O–H groups in total. The summed E-state index contributed by atoms with van der Waals surface area (Å²) in [6.45, 7) is 1.93. The second-order valence-electron chi connectivity index (χ2n) is 4.21.